The van der Waals surface area contributed by atoms with Gasteiger partial charge in [0.05, 0.1) is 11.3 Å². The van der Waals surface area contributed by atoms with Crippen molar-refractivity contribution in [3.8, 4) is 11.8 Å². The molecular formula is C17H14BrN3O2. The largest absolute Gasteiger partial charge is 0.482 e. The first-order valence-electron chi connectivity index (χ1n) is 6.81. The molecule has 0 atom stereocenters. The third-order valence-corrected chi connectivity index (χ3v) is 3.67. The van der Waals surface area contributed by atoms with Crippen LogP contribution in [0, 0.1) is 11.3 Å². The molecule has 0 aliphatic carbocycles. The van der Waals surface area contributed by atoms with Crippen molar-refractivity contribution in [1.82, 2.24) is 5.43 Å². The molecule has 116 valence electrons. The molecule has 5 nitrogen and oxygen atoms in total. The van der Waals surface area contributed by atoms with Crippen LogP contribution >= 0.6 is 15.9 Å². The molecule has 0 bridgehead atoms. The highest BCUT2D eigenvalue weighted by molar-refractivity contribution is 9.10. The van der Waals surface area contributed by atoms with E-state index in [1.54, 1.807) is 31.2 Å². The second-order valence-corrected chi connectivity index (χ2v) is 5.46. The molecule has 0 spiro atoms. The molecule has 0 saturated carbocycles. The molecule has 0 heterocycles. The van der Waals surface area contributed by atoms with Gasteiger partial charge in [-0.2, -0.15) is 10.4 Å². The first-order chi connectivity index (χ1) is 11.1. The number of para-hydroxylation sites is 1. The maximum Gasteiger partial charge on any atom is 0.277 e. The van der Waals surface area contributed by atoms with Gasteiger partial charge in [-0.05, 0) is 25.1 Å². The van der Waals surface area contributed by atoms with Gasteiger partial charge in [0, 0.05) is 10.0 Å². The van der Waals surface area contributed by atoms with Gasteiger partial charge in [0.25, 0.3) is 5.91 Å². The van der Waals surface area contributed by atoms with Crippen molar-refractivity contribution in [3.05, 3.63) is 64.1 Å². The van der Waals surface area contributed by atoms with E-state index in [9.17, 15) is 4.79 Å². The van der Waals surface area contributed by atoms with Gasteiger partial charge >= 0.3 is 0 Å². The number of carbonyl (C=O) groups excluding carboxylic acids is 1. The van der Waals surface area contributed by atoms with Crippen LogP contribution in [0.3, 0.4) is 0 Å². The summed E-state index contributed by atoms with van der Waals surface area (Å²) in [5.74, 6) is -0.0270. The quantitative estimate of drug-likeness (QED) is 0.647. The van der Waals surface area contributed by atoms with Gasteiger partial charge in [-0.15, -0.1) is 0 Å². The van der Waals surface area contributed by atoms with Crippen LogP contribution in [0.25, 0.3) is 0 Å². The van der Waals surface area contributed by atoms with Gasteiger partial charge in [0.1, 0.15) is 11.8 Å². The average molecular weight is 372 g/mol. The van der Waals surface area contributed by atoms with E-state index in [1.165, 1.54) is 0 Å². The number of hydrogen-bond acceptors (Lipinski definition) is 4. The normalized spacial score (nSPS) is 10.7. The maximum atomic E-state index is 11.8. The van der Waals surface area contributed by atoms with Crippen molar-refractivity contribution < 1.29 is 9.53 Å². The lowest BCUT2D eigenvalue weighted by molar-refractivity contribution is -0.123. The molecule has 0 aliphatic rings. The Morgan fingerprint density at radius 1 is 1.26 bits per heavy atom. The van der Waals surface area contributed by atoms with Crippen LogP contribution in [0.15, 0.2) is 58.1 Å². The summed E-state index contributed by atoms with van der Waals surface area (Å²) in [5.41, 5.74) is 4.38. The summed E-state index contributed by atoms with van der Waals surface area (Å²) in [4.78, 5) is 11.8. The average Bonchev–Trinajstić information content (AvgIpc) is 2.58. The predicted octanol–water partition coefficient (Wildman–Crippen LogP) is 3.24. The Bertz CT molecular complexity index is 781. The lowest BCUT2D eigenvalue weighted by Gasteiger charge is -2.07. The van der Waals surface area contributed by atoms with Gasteiger partial charge in [-0.1, -0.05) is 46.3 Å². The predicted molar refractivity (Wildman–Crippen MR) is 91.1 cm³/mol. The van der Waals surface area contributed by atoms with Crippen molar-refractivity contribution in [2.45, 2.75) is 6.92 Å². The smallest absolute Gasteiger partial charge is 0.277 e. The minimum atomic E-state index is -0.399. The molecule has 0 unspecified atom stereocenters. The number of hydrazone groups is 1. The van der Waals surface area contributed by atoms with Crippen molar-refractivity contribution >= 4 is 27.5 Å². The van der Waals surface area contributed by atoms with Crippen LogP contribution in [0.1, 0.15) is 18.1 Å². The van der Waals surface area contributed by atoms with E-state index >= 15 is 0 Å². The molecule has 1 amide bonds. The summed E-state index contributed by atoms with van der Waals surface area (Å²) in [6, 6.07) is 16.3. The molecule has 0 aliphatic heterocycles. The number of nitrogens with one attached hydrogen (secondary N) is 1. The highest BCUT2D eigenvalue weighted by Gasteiger charge is 2.07. The Hall–Kier alpha value is -2.65. The standard InChI is InChI=1S/C17H14BrN3O2/c1-12(14-7-3-4-8-15(14)18)20-21-17(22)11-23-16-9-5-2-6-13(16)10-19/h2-9H,11H2,1H3,(H,21,22)/b20-12-. The van der Waals surface area contributed by atoms with Crippen LogP contribution < -0.4 is 10.2 Å². The fraction of sp³-hybridized carbons (Fsp3) is 0.118. The number of nitrogens with zero attached hydrogens (tertiary/aromatic N) is 2. The number of amides is 1. The lowest BCUT2D eigenvalue weighted by atomic mass is 10.1. The Morgan fingerprint density at radius 2 is 1.96 bits per heavy atom. The first-order valence-corrected chi connectivity index (χ1v) is 7.61. The van der Waals surface area contributed by atoms with E-state index in [1.807, 2.05) is 30.3 Å². The zero-order valence-corrected chi connectivity index (χ0v) is 14.0. The Labute approximate surface area is 142 Å². The van der Waals surface area contributed by atoms with Gasteiger partial charge in [-0.25, -0.2) is 5.43 Å². The summed E-state index contributed by atoms with van der Waals surface area (Å²) in [6.07, 6.45) is 0. The van der Waals surface area contributed by atoms with Gasteiger partial charge in [0.2, 0.25) is 0 Å². The van der Waals surface area contributed by atoms with Gasteiger partial charge in [0.15, 0.2) is 6.61 Å². The molecular weight excluding hydrogens is 358 g/mol. The fourth-order valence-electron chi connectivity index (χ4n) is 1.82. The third kappa shape index (κ3) is 4.66. The summed E-state index contributed by atoms with van der Waals surface area (Å²) in [5, 5.41) is 13.0. The molecule has 2 aromatic rings. The molecule has 6 heteroatoms. The zero-order chi connectivity index (χ0) is 16.7. The Morgan fingerprint density at radius 3 is 2.70 bits per heavy atom. The van der Waals surface area contributed by atoms with Gasteiger partial charge < -0.3 is 4.74 Å². The third-order valence-electron chi connectivity index (χ3n) is 2.98. The summed E-state index contributed by atoms with van der Waals surface area (Å²) < 4.78 is 6.24. The summed E-state index contributed by atoms with van der Waals surface area (Å²) >= 11 is 3.43. The van der Waals surface area contributed by atoms with Gasteiger partial charge in [-0.3, -0.25) is 4.79 Å². The second kappa shape index (κ2) is 8.11. The summed E-state index contributed by atoms with van der Waals surface area (Å²) in [6.45, 7) is 1.58. The molecule has 2 aromatic carbocycles. The van der Waals surface area contributed by atoms with Crippen molar-refractivity contribution in [2.75, 3.05) is 6.61 Å². The molecule has 1 N–H and O–H groups in total. The van der Waals surface area contributed by atoms with E-state index in [4.69, 9.17) is 10.00 Å². The topological polar surface area (TPSA) is 74.5 Å². The van der Waals surface area contributed by atoms with Crippen molar-refractivity contribution in [2.24, 2.45) is 5.10 Å². The van der Waals surface area contributed by atoms with Crippen LogP contribution in [0.5, 0.6) is 5.75 Å². The first kappa shape index (κ1) is 16.7. The Balaban J connectivity index is 1.94. The zero-order valence-electron chi connectivity index (χ0n) is 12.4. The fourth-order valence-corrected chi connectivity index (χ4v) is 2.39. The van der Waals surface area contributed by atoms with Crippen LogP contribution in [-0.2, 0) is 4.79 Å². The van der Waals surface area contributed by atoms with Crippen molar-refractivity contribution in [1.29, 1.82) is 5.26 Å². The van der Waals surface area contributed by atoms with Crippen LogP contribution in [0.4, 0.5) is 0 Å². The van der Waals surface area contributed by atoms with Crippen molar-refractivity contribution in [3.63, 3.8) is 0 Å². The van der Waals surface area contributed by atoms with E-state index in [-0.39, 0.29) is 6.61 Å². The van der Waals surface area contributed by atoms with Crippen LogP contribution in [-0.4, -0.2) is 18.2 Å². The molecule has 23 heavy (non-hydrogen) atoms. The van der Waals surface area contributed by atoms with Crippen LogP contribution in [0.2, 0.25) is 0 Å². The van der Waals surface area contributed by atoms with E-state index in [0.717, 1.165) is 10.0 Å². The minimum Gasteiger partial charge on any atom is -0.482 e. The molecule has 2 rings (SSSR count). The Kier molecular flexibility index (Phi) is 5.89. The number of ether oxygens (including phenoxy) is 1. The highest BCUT2D eigenvalue weighted by Crippen LogP contribution is 2.17. The SMILES string of the molecule is C/C(=N/NC(=O)COc1ccccc1C#N)c1ccccc1Br. The van der Waals surface area contributed by atoms with E-state index in [2.05, 4.69) is 26.5 Å². The second-order valence-electron chi connectivity index (χ2n) is 4.61. The molecule has 0 fully saturated rings. The number of carbonyl (C=O) groups is 1. The van der Waals surface area contributed by atoms with E-state index in [0.29, 0.717) is 17.0 Å². The maximum absolute atomic E-state index is 11.8. The number of hydrogen-bond donors (Lipinski definition) is 1. The number of benzene rings is 2. The molecule has 0 radical (unpaired) electrons. The lowest BCUT2D eigenvalue weighted by Crippen LogP contribution is -2.25. The molecule has 0 aromatic heterocycles. The number of nitriles is 1. The van der Waals surface area contributed by atoms with E-state index < -0.39 is 5.91 Å². The highest BCUT2D eigenvalue weighted by atomic mass is 79.9. The minimum absolute atomic E-state index is 0.217. The monoisotopic (exact) mass is 371 g/mol. The number of halogens is 1. The molecule has 0 saturated heterocycles. The number of rotatable bonds is 5. The summed E-state index contributed by atoms with van der Waals surface area (Å²) in [7, 11) is 0.